The molecule has 0 radical (unpaired) electrons. The van der Waals surface area contributed by atoms with E-state index in [2.05, 4.69) is 58.1 Å². The molecular formula is C24H30N6OS. The van der Waals surface area contributed by atoms with Crippen LogP contribution in [0, 0.1) is 13.8 Å². The highest BCUT2D eigenvalue weighted by Crippen LogP contribution is 2.24. The number of piperazine rings is 1. The van der Waals surface area contributed by atoms with Crippen molar-refractivity contribution in [3.63, 3.8) is 0 Å². The number of aromatic nitrogens is 3. The number of pyridine rings is 1. The average Bonchev–Trinajstić information content (AvgIpc) is 3.27. The minimum Gasteiger partial charge on any atom is -0.354 e. The molecule has 1 amide bonds. The summed E-state index contributed by atoms with van der Waals surface area (Å²) in [5.74, 6) is 1.30. The Morgan fingerprint density at radius 3 is 2.66 bits per heavy atom. The summed E-state index contributed by atoms with van der Waals surface area (Å²) < 4.78 is 2.04. The first kappa shape index (κ1) is 22.4. The van der Waals surface area contributed by atoms with Crippen molar-refractivity contribution in [3.8, 4) is 5.69 Å². The molecule has 1 aliphatic rings. The zero-order valence-corrected chi connectivity index (χ0v) is 19.7. The predicted molar refractivity (Wildman–Crippen MR) is 130 cm³/mol. The molecule has 1 fully saturated rings. The molecule has 1 N–H and O–H groups in total. The lowest BCUT2D eigenvalue weighted by Gasteiger charge is -2.33. The number of aryl methyl sites for hydroxylation is 1. The van der Waals surface area contributed by atoms with E-state index in [1.807, 2.05) is 35.2 Å². The highest BCUT2D eigenvalue weighted by Gasteiger charge is 2.15. The van der Waals surface area contributed by atoms with Crippen LogP contribution in [0.3, 0.4) is 0 Å². The van der Waals surface area contributed by atoms with Crippen LogP contribution in [0.2, 0.25) is 0 Å². The molecule has 0 unspecified atom stereocenters. The zero-order valence-electron chi connectivity index (χ0n) is 18.9. The summed E-state index contributed by atoms with van der Waals surface area (Å²) in [7, 11) is 2.14. The van der Waals surface area contributed by atoms with Gasteiger partial charge in [0.1, 0.15) is 5.82 Å². The molecule has 0 spiro atoms. The lowest BCUT2D eigenvalue weighted by molar-refractivity contribution is -0.118. The second kappa shape index (κ2) is 10.2. The topological polar surface area (TPSA) is 66.3 Å². The smallest absolute Gasteiger partial charge is 0.230 e. The fraction of sp³-hybridized carbons (Fsp3) is 0.375. The van der Waals surface area contributed by atoms with Crippen LogP contribution in [0.4, 0.5) is 5.82 Å². The van der Waals surface area contributed by atoms with Gasteiger partial charge in [-0.3, -0.25) is 9.36 Å². The Balaban J connectivity index is 1.28. The number of carbonyl (C=O) groups excluding carboxylic acids is 1. The van der Waals surface area contributed by atoms with E-state index in [0.29, 0.717) is 12.3 Å². The van der Waals surface area contributed by atoms with E-state index in [0.717, 1.165) is 48.4 Å². The minimum atomic E-state index is -0.0198. The van der Waals surface area contributed by atoms with E-state index in [1.165, 1.54) is 22.9 Å². The molecular weight excluding hydrogens is 420 g/mol. The van der Waals surface area contributed by atoms with E-state index >= 15 is 0 Å². The molecule has 32 heavy (non-hydrogen) atoms. The quantitative estimate of drug-likeness (QED) is 0.558. The van der Waals surface area contributed by atoms with E-state index in [-0.39, 0.29) is 5.91 Å². The van der Waals surface area contributed by atoms with Gasteiger partial charge in [-0.15, -0.1) is 0 Å². The third-order valence-corrected chi connectivity index (χ3v) is 6.87. The Morgan fingerprint density at radius 2 is 1.91 bits per heavy atom. The first-order chi connectivity index (χ1) is 15.5. The Labute approximate surface area is 193 Å². The van der Waals surface area contributed by atoms with Crippen molar-refractivity contribution in [1.29, 1.82) is 0 Å². The average molecular weight is 451 g/mol. The molecule has 0 bridgehead atoms. The highest BCUT2D eigenvalue weighted by atomic mass is 32.2. The lowest BCUT2D eigenvalue weighted by atomic mass is 10.1. The molecule has 0 saturated carbocycles. The predicted octanol–water partition coefficient (Wildman–Crippen LogP) is 3.04. The molecule has 0 atom stereocenters. The van der Waals surface area contributed by atoms with Crippen LogP contribution in [0.25, 0.3) is 5.69 Å². The number of benzene rings is 1. The van der Waals surface area contributed by atoms with Crippen LogP contribution in [0.1, 0.15) is 16.7 Å². The summed E-state index contributed by atoms with van der Waals surface area (Å²) in [5, 5.41) is 3.80. The van der Waals surface area contributed by atoms with Gasteiger partial charge in [0, 0.05) is 51.3 Å². The largest absolute Gasteiger partial charge is 0.354 e. The molecule has 1 aliphatic heterocycles. The van der Waals surface area contributed by atoms with E-state index in [4.69, 9.17) is 0 Å². The van der Waals surface area contributed by atoms with Gasteiger partial charge in [-0.2, -0.15) is 0 Å². The van der Waals surface area contributed by atoms with Crippen molar-refractivity contribution in [3.05, 3.63) is 65.6 Å². The maximum absolute atomic E-state index is 12.4. The van der Waals surface area contributed by atoms with Gasteiger partial charge in [-0.05, 0) is 49.7 Å². The molecule has 0 aliphatic carbocycles. The van der Waals surface area contributed by atoms with E-state index in [9.17, 15) is 4.79 Å². The summed E-state index contributed by atoms with van der Waals surface area (Å²) in [5.41, 5.74) is 4.54. The summed E-state index contributed by atoms with van der Waals surface area (Å²) in [6.07, 6.45) is 5.57. The van der Waals surface area contributed by atoms with Crippen LogP contribution in [0.5, 0.6) is 0 Å². The normalized spacial score (nSPS) is 14.5. The SMILES string of the molecule is Cc1cccc(-n2ccnc2SCC(=O)NCc2ccc(N3CCN(C)CC3)nc2)c1C. The summed E-state index contributed by atoms with van der Waals surface area (Å²) in [4.78, 5) is 26.1. The fourth-order valence-corrected chi connectivity index (χ4v) is 4.50. The molecule has 8 heteroatoms. The Kier molecular flexibility index (Phi) is 7.12. The molecule has 168 valence electrons. The van der Waals surface area contributed by atoms with Crippen LogP contribution < -0.4 is 10.2 Å². The van der Waals surface area contributed by atoms with Crippen molar-refractivity contribution >= 4 is 23.5 Å². The summed E-state index contributed by atoms with van der Waals surface area (Å²) >= 11 is 1.44. The second-order valence-electron chi connectivity index (χ2n) is 8.18. The highest BCUT2D eigenvalue weighted by molar-refractivity contribution is 7.99. The monoisotopic (exact) mass is 450 g/mol. The van der Waals surface area contributed by atoms with Crippen LogP contribution in [0.15, 0.2) is 54.1 Å². The first-order valence-corrected chi connectivity index (χ1v) is 11.9. The number of nitrogens with zero attached hydrogens (tertiary/aromatic N) is 5. The number of carbonyl (C=O) groups is 1. The maximum atomic E-state index is 12.4. The number of imidazole rings is 1. The standard InChI is InChI=1S/C24H30N6OS/c1-18-5-4-6-21(19(18)2)30-10-9-25-24(30)32-17-23(31)27-16-20-7-8-22(26-15-20)29-13-11-28(3)12-14-29/h4-10,15H,11-14,16-17H2,1-3H3,(H,27,31). The summed E-state index contributed by atoms with van der Waals surface area (Å²) in [6.45, 7) is 8.78. The molecule has 2 aromatic heterocycles. The Morgan fingerprint density at radius 1 is 1.09 bits per heavy atom. The van der Waals surface area contributed by atoms with Crippen LogP contribution >= 0.6 is 11.8 Å². The molecule has 3 heterocycles. The van der Waals surface area contributed by atoms with Crippen LogP contribution in [-0.4, -0.2) is 64.3 Å². The lowest BCUT2D eigenvalue weighted by Crippen LogP contribution is -2.44. The first-order valence-electron chi connectivity index (χ1n) is 10.9. The molecule has 4 rings (SSSR count). The van der Waals surface area contributed by atoms with Gasteiger partial charge in [-0.25, -0.2) is 9.97 Å². The van der Waals surface area contributed by atoms with Gasteiger partial charge in [0.05, 0.1) is 11.4 Å². The number of hydrogen-bond acceptors (Lipinski definition) is 6. The Hall–Kier alpha value is -2.84. The zero-order chi connectivity index (χ0) is 22.5. The fourth-order valence-electron chi connectivity index (χ4n) is 3.70. The molecule has 3 aromatic rings. The van der Waals surface area contributed by atoms with Crippen molar-refractivity contribution in [2.45, 2.75) is 25.5 Å². The van der Waals surface area contributed by atoms with Gasteiger partial charge in [0.25, 0.3) is 0 Å². The Bertz CT molecular complexity index is 1060. The van der Waals surface area contributed by atoms with Gasteiger partial charge < -0.3 is 15.1 Å². The summed E-state index contributed by atoms with van der Waals surface area (Å²) in [6, 6.07) is 10.3. The van der Waals surface area contributed by atoms with Crippen molar-refractivity contribution in [2.24, 2.45) is 0 Å². The number of thioether (sulfide) groups is 1. The minimum absolute atomic E-state index is 0.0198. The molecule has 1 saturated heterocycles. The van der Waals surface area contributed by atoms with Crippen molar-refractivity contribution in [1.82, 2.24) is 24.8 Å². The van der Waals surface area contributed by atoms with Gasteiger partial charge in [-0.1, -0.05) is 30.0 Å². The van der Waals surface area contributed by atoms with Crippen molar-refractivity contribution in [2.75, 3.05) is 43.9 Å². The number of amides is 1. The van der Waals surface area contributed by atoms with Gasteiger partial charge in [0.2, 0.25) is 5.91 Å². The van der Waals surface area contributed by atoms with E-state index in [1.54, 1.807) is 6.20 Å². The number of likely N-dealkylation sites (N-methyl/N-ethyl adjacent to an activating group) is 1. The second-order valence-corrected chi connectivity index (χ2v) is 9.12. The third kappa shape index (κ3) is 5.31. The molecule has 1 aromatic carbocycles. The molecule has 7 nitrogen and oxygen atoms in total. The van der Waals surface area contributed by atoms with Gasteiger partial charge in [0.15, 0.2) is 5.16 Å². The van der Waals surface area contributed by atoms with Crippen molar-refractivity contribution < 1.29 is 4.79 Å². The third-order valence-electron chi connectivity index (χ3n) is 5.90. The number of nitrogens with one attached hydrogen (secondary N) is 1. The van der Waals surface area contributed by atoms with Crippen LogP contribution in [-0.2, 0) is 11.3 Å². The number of hydrogen-bond donors (Lipinski definition) is 1. The maximum Gasteiger partial charge on any atom is 0.230 e. The van der Waals surface area contributed by atoms with E-state index < -0.39 is 0 Å². The number of rotatable bonds is 7. The number of anilines is 1. The van der Waals surface area contributed by atoms with Gasteiger partial charge >= 0.3 is 0 Å².